The zero-order valence-electron chi connectivity index (χ0n) is 17.9. The van der Waals surface area contributed by atoms with Gasteiger partial charge >= 0.3 is 0 Å². The van der Waals surface area contributed by atoms with Crippen molar-refractivity contribution in [2.75, 3.05) is 26.7 Å². The summed E-state index contributed by atoms with van der Waals surface area (Å²) in [7, 11) is 3.37. The molecule has 1 aromatic carbocycles. The lowest BCUT2D eigenvalue weighted by molar-refractivity contribution is 0.00734. The Morgan fingerprint density at radius 3 is 2.63 bits per heavy atom. The third-order valence-electron chi connectivity index (χ3n) is 6.00. The normalized spacial score (nSPS) is 17.9. The number of aromatic nitrogens is 2. The number of fused-ring (bicyclic) bond motifs is 1. The molecule has 2 amide bonds. The number of benzene rings is 1. The summed E-state index contributed by atoms with van der Waals surface area (Å²) < 4.78 is 13.2. The molecule has 2 aliphatic rings. The number of nitrogens with zero attached hydrogens (tertiary/aromatic N) is 3. The van der Waals surface area contributed by atoms with Gasteiger partial charge in [-0.1, -0.05) is 13.8 Å². The fourth-order valence-electron chi connectivity index (χ4n) is 4.04. The van der Waals surface area contributed by atoms with Crippen molar-refractivity contribution in [3.05, 3.63) is 41.2 Å². The van der Waals surface area contributed by atoms with Crippen LogP contribution >= 0.6 is 0 Å². The number of ether oxygens (including phenoxy) is 2. The Balaban J connectivity index is 1.49. The Hall–Kier alpha value is -3.03. The fraction of sp³-hybridized carbons (Fsp3) is 0.500. The van der Waals surface area contributed by atoms with Crippen LogP contribution in [0.15, 0.2) is 24.3 Å². The van der Waals surface area contributed by atoms with Crippen molar-refractivity contribution >= 4 is 11.8 Å². The van der Waals surface area contributed by atoms with Crippen LogP contribution in [-0.4, -0.2) is 58.8 Å². The van der Waals surface area contributed by atoms with Crippen LogP contribution in [0.1, 0.15) is 59.1 Å². The molecular weight excluding hydrogens is 384 g/mol. The molecule has 160 valence electrons. The first kappa shape index (κ1) is 20.3. The van der Waals surface area contributed by atoms with Gasteiger partial charge in [0.15, 0.2) is 0 Å². The van der Waals surface area contributed by atoms with E-state index in [9.17, 15) is 9.59 Å². The average Bonchev–Trinajstić information content (AvgIpc) is 3.08. The van der Waals surface area contributed by atoms with Crippen LogP contribution in [0.3, 0.4) is 0 Å². The molecule has 0 aliphatic carbocycles. The predicted molar refractivity (Wildman–Crippen MR) is 111 cm³/mol. The number of carbonyl (C=O) groups is 2. The van der Waals surface area contributed by atoms with Crippen molar-refractivity contribution in [2.45, 2.75) is 38.2 Å². The van der Waals surface area contributed by atoms with E-state index in [1.54, 1.807) is 37.0 Å². The fourth-order valence-corrected chi connectivity index (χ4v) is 4.04. The topological polar surface area (TPSA) is 85.7 Å². The van der Waals surface area contributed by atoms with E-state index in [-0.39, 0.29) is 17.7 Å². The zero-order chi connectivity index (χ0) is 21.5. The molecule has 8 nitrogen and oxygen atoms in total. The van der Waals surface area contributed by atoms with Gasteiger partial charge in [0.25, 0.3) is 11.8 Å². The third-order valence-corrected chi connectivity index (χ3v) is 6.00. The molecule has 1 N–H and O–H groups in total. The van der Waals surface area contributed by atoms with E-state index in [0.29, 0.717) is 55.2 Å². The van der Waals surface area contributed by atoms with Crippen LogP contribution < -0.4 is 14.8 Å². The summed E-state index contributed by atoms with van der Waals surface area (Å²) in [5.74, 6) is 1.24. The first-order valence-corrected chi connectivity index (χ1v) is 10.3. The second kappa shape index (κ2) is 7.66. The largest absolute Gasteiger partial charge is 0.497 e. The second-order valence-electron chi connectivity index (χ2n) is 8.35. The first-order chi connectivity index (χ1) is 14.3. The van der Waals surface area contributed by atoms with E-state index in [2.05, 4.69) is 24.3 Å². The van der Waals surface area contributed by atoms with E-state index >= 15 is 0 Å². The van der Waals surface area contributed by atoms with Gasteiger partial charge in [0, 0.05) is 33.0 Å². The maximum absolute atomic E-state index is 13.1. The van der Waals surface area contributed by atoms with Crippen molar-refractivity contribution in [1.82, 2.24) is 20.0 Å². The number of hydrogen-bond donors (Lipinski definition) is 1. The molecule has 2 aromatic rings. The number of likely N-dealkylation sites (tertiary alicyclic amines) is 1. The minimum Gasteiger partial charge on any atom is -0.497 e. The van der Waals surface area contributed by atoms with Gasteiger partial charge in [-0.2, -0.15) is 5.10 Å². The lowest BCUT2D eigenvalue weighted by Gasteiger charge is -2.41. The van der Waals surface area contributed by atoms with Crippen LogP contribution in [0.2, 0.25) is 0 Å². The Kier molecular flexibility index (Phi) is 5.17. The highest BCUT2D eigenvalue weighted by atomic mass is 16.5. The molecule has 1 fully saturated rings. The molecule has 2 aliphatic heterocycles. The summed E-state index contributed by atoms with van der Waals surface area (Å²) in [6.07, 6.45) is 1.28. The Morgan fingerprint density at radius 1 is 1.27 bits per heavy atom. The molecule has 1 spiro atoms. The number of aryl methyl sites for hydroxylation is 1. The summed E-state index contributed by atoms with van der Waals surface area (Å²) in [6.45, 7) is 5.65. The number of nitrogens with one attached hydrogen (secondary N) is 1. The van der Waals surface area contributed by atoms with Gasteiger partial charge in [0.1, 0.15) is 22.8 Å². The number of amides is 2. The van der Waals surface area contributed by atoms with Gasteiger partial charge in [-0.05, 0) is 30.2 Å². The summed E-state index contributed by atoms with van der Waals surface area (Å²) in [4.78, 5) is 27.4. The van der Waals surface area contributed by atoms with Crippen molar-refractivity contribution in [2.24, 2.45) is 7.05 Å². The highest BCUT2D eigenvalue weighted by molar-refractivity contribution is 5.98. The van der Waals surface area contributed by atoms with Crippen molar-refractivity contribution in [3.8, 4) is 11.5 Å². The maximum Gasteiger partial charge on any atom is 0.272 e. The smallest absolute Gasteiger partial charge is 0.272 e. The summed E-state index contributed by atoms with van der Waals surface area (Å²) in [6, 6.07) is 7.14. The summed E-state index contributed by atoms with van der Waals surface area (Å²) in [5, 5.41) is 7.43. The molecule has 0 atom stereocenters. The first-order valence-electron chi connectivity index (χ1n) is 10.3. The highest BCUT2D eigenvalue weighted by Crippen LogP contribution is 2.35. The van der Waals surface area contributed by atoms with Gasteiger partial charge in [0.2, 0.25) is 0 Å². The van der Waals surface area contributed by atoms with E-state index in [4.69, 9.17) is 9.47 Å². The molecule has 0 radical (unpaired) electrons. The lowest BCUT2D eigenvalue weighted by Crippen LogP contribution is -2.54. The minimum atomic E-state index is -0.526. The third kappa shape index (κ3) is 3.62. The Labute approximate surface area is 176 Å². The van der Waals surface area contributed by atoms with Crippen LogP contribution in [0.5, 0.6) is 11.5 Å². The van der Waals surface area contributed by atoms with Gasteiger partial charge in [-0.3, -0.25) is 14.3 Å². The van der Waals surface area contributed by atoms with Crippen LogP contribution in [-0.2, 0) is 7.05 Å². The highest BCUT2D eigenvalue weighted by Gasteiger charge is 2.41. The van der Waals surface area contributed by atoms with Crippen LogP contribution in [0, 0.1) is 0 Å². The van der Waals surface area contributed by atoms with Crippen molar-refractivity contribution < 1.29 is 19.1 Å². The van der Waals surface area contributed by atoms with E-state index in [1.807, 2.05) is 11.0 Å². The molecule has 0 saturated carbocycles. The minimum absolute atomic E-state index is 0.0189. The SMILES string of the molecule is COc1ccc2c(c1)C(=O)NCC1(CCN(C(=O)c3cc(C(C)C)nn3C)CC1)O2. The van der Waals surface area contributed by atoms with Gasteiger partial charge in [0.05, 0.1) is 24.9 Å². The monoisotopic (exact) mass is 412 g/mol. The van der Waals surface area contributed by atoms with Gasteiger partial charge < -0.3 is 19.7 Å². The number of carbonyl (C=O) groups excluding carboxylic acids is 2. The molecule has 4 rings (SSSR count). The molecule has 30 heavy (non-hydrogen) atoms. The predicted octanol–water partition coefficient (Wildman–Crippen LogP) is 2.35. The van der Waals surface area contributed by atoms with Crippen LogP contribution in [0.4, 0.5) is 0 Å². The van der Waals surface area contributed by atoms with E-state index in [0.717, 1.165) is 5.69 Å². The summed E-state index contributed by atoms with van der Waals surface area (Å²) in [5.41, 5.74) is 1.46. The standard InChI is InChI=1S/C22H28N4O4/c1-14(2)17-12-18(25(3)24-17)21(28)26-9-7-22(8-10-26)13-23-20(27)16-11-15(29-4)5-6-19(16)30-22/h5-6,11-12,14H,7-10,13H2,1-4H3,(H,23,27). The molecule has 1 aromatic heterocycles. The molecular formula is C22H28N4O4. The van der Waals surface area contributed by atoms with Crippen LogP contribution in [0.25, 0.3) is 0 Å². The Morgan fingerprint density at radius 2 is 2.00 bits per heavy atom. The molecule has 0 unspecified atom stereocenters. The molecule has 3 heterocycles. The van der Waals surface area contributed by atoms with E-state index in [1.165, 1.54) is 0 Å². The van der Waals surface area contributed by atoms with Crippen molar-refractivity contribution in [1.29, 1.82) is 0 Å². The maximum atomic E-state index is 13.1. The van der Waals surface area contributed by atoms with Gasteiger partial charge in [-0.15, -0.1) is 0 Å². The van der Waals surface area contributed by atoms with Gasteiger partial charge in [-0.25, -0.2) is 0 Å². The summed E-state index contributed by atoms with van der Waals surface area (Å²) >= 11 is 0. The average molecular weight is 412 g/mol. The molecule has 1 saturated heterocycles. The molecule has 8 heteroatoms. The second-order valence-corrected chi connectivity index (χ2v) is 8.35. The van der Waals surface area contributed by atoms with E-state index < -0.39 is 5.60 Å². The number of methoxy groups -OCH3 is 1. The number of rotatable bonds is 3. The lowest BCUT2D eigenvalue weighted by atomic mass is 9.90. The number of hydrogen-bond acceptors (Lipinski definition) is 5. The Bertz CT molecular complexity index is 974. The van der Waals surface area contributed by atoms with Crippen molar-refractivity contribution in [3.63, 3.8) is 0 Å². The number of piperidine rings is 1. The molecule has 0 bridgehead atoms. The zero-order valence-corrected chi connectivity index (χ0v) is 17.9. The quantitative estimate of drug-likeness (QED) is 0.836.